The first kappa shape index (κ1) is 16.3. The Morgan fingerprint density at radius 3 is 2.29 bits per heavy atom. The van der Waals surface area contributed by atoms with Crippen LogP contribution in [0.5, 0.6) is 0 Å². The lowest BCUT2D eigenvalue weighted by Gasteiger charge is -2.25. The van der Waals surface area contributed by atoms with E-state index in [1.165, 1.54) is 0 Å². The van der Waals surface area contributed by atoms with E-state index in [9.17, 15) is 4.79 Å². The Bertz CT molecular complexity index is 268. The van der Waals surface area contributed by atoms with Crippen LogP contribution >= 0.6 is 12.2 Å². The van der Waals surface area contributed by atoms with Crippen LogP contribution in [-0.4, -0.2) is 41.5 Å². The Labute approximate surface area is 110 Å². The SMILES string of the molecule is CC(C)C(C)NC(=O)CN(C)C(C)CC(N)=S. The highest BCUT2D eigenvalue weighted by molar-refractivity contribution is 7.80. The molecular formula is C12H25N3OS. The number of nitrogens with zero attached hydrogens (tertiary/aromatic N) is 1. The normalized spacial score (nSPS) is 14.8. The van der Waals surface area contributed by atoms with Gasteiger partial charge in [0.15, 0.2) is 0 Å². The molecule has 5 heteroatoms. The lowest BCUT2D eigenvalue weighted by Crippen LogP contribution is -2.44. The molecule has 0 heterocycles. The number of amides is 1. The Hall–Kier alpha value is -0.680. The Morgan fingerprint density at radius 1 is 1.35 bits per heavy atom. The van der Waals surface area contributed by atoms with Crippen molar-refractivity contribution in [3.05, 3.63) is 0 Å². The van der Waals surface area contributed by atoms with Gasteiger partial charge in [0.2, 0.25) is 5.91 Å². The molecule has 0 rings (SSSR count). The van der Waals surface area contributed by atoms with Crippen LogP contribution in [0.25, 0.3) is 0 Å². The molecule has 0 aliphatic carbocycles. The number of hydrogen-bond donors (Lipinski definition) is 2. The van der Waals surface area contributed by atoms with E-state index in [4.69, 9.17) is 18.0 Å². The summed E-state index contributed by atoms with van der Waals surface area (Å²) < 4.78 is 0. The molecule has 4 nitrogen and oxygen atoms in total. The van der Waals surface area contributed by atoms with Crippen molar-refractivity contribution in [1.82, 2.24) is 10.2 Å². The lowest BCUT2D eigenvalue weighted by molar-refractivity contribution is -0.123. The molecule has 0 aromatic carbocycles. The summed E-state index contributed by atoms with van der Waals surface area (Å²) in [5.74, 6) is 0.488. The molecule has 0 aliphatic heterocycles. The van der Waals surface area contributed by atoms with Crippen LogP contribution < -0.4 is 11.1 Å². The molecule has 3 N–H and O–H groups in total. The van der Waals surface area contributed by atoms with Crippen molar-refractivity contribution in [2.24, 2.45) is 11.7 Å². The van der Waals surface area contributed by atoms with Gasteiger partial charge in [-0.15, -0.1) is 0 Å². The molecule has 0 aromatic rings. The predicted octanol–water partition coefficient (Wildman–Crippen LogP) is 1.14. The molecule has 1 amide bonds. The van der Waals surface area contributed by atoms with Crippen LogP contribution in [0.15, 0.2) is 0 Å². The maximum absolute atomic E-state index is 11.7. The quantitative estimate of drug-likeness (QED) is 0.673. The molecule has 0 aromatic heterocycles. The maximum Gasteiger partial charge on any atom is 0.234 e. The monoisotopic (exact) mass is 259 g/mol. The van der Waals surface area contributed by atoms with Crippen molar-refractivity contribution < 1.29 is 4.79 Å². The zero-order chi connectivity index (χ0) is 13.6. The largest absolute Gasteiger partial charge is 0.393 e. The van der Waals surface area contributed by atoms with Crippen molar-refractivity contribution in [2.75, 3.05) is 13.6 Å². The molecule has 0 radical (unpaired) electrons. The highest BCUT2D eigenvalue weighted by Crippen LogP contribution is 2.02. The van der Waals surface area contributed by atoms with Gasteiger partial charge < -0.3 is 11.1 Å². The zero-order valence-corrected chi connectivity index (χ0v) is 12.3. The van der Waals surface area contributed by atoms with Gasteiger partial charge in [-0.2, -0.15) is 0 Å². The van der Waals surface area contributed by atoms with Gasteiger partial charge in [-0.3, -0.25) is 9.69 Å². The first-order chi connectivity index (χ1) is 7.73. The highest BCUT2D eigenvalue weighted by Gasteiger charge is 2.16. The fourth-order valence-corrected chi connectivity index (χ4v) is 1.54. The molecule has 0 saturated heterocycles. The number of carbonyl (C=O) groups is 1. The minimum atomic E-state index is 0.0449. The molecule has 100 valence electrons. The van der Waals surface area contributed by atoms with Crippen molar-refractivity contribution >= 4 is 23.1 Å². The van der Waals surface area contributed by atoms with Gasteiger partial charge in [0.25, 0.3) is 0 Å². The molecule has 0 fully saturated rings. The first-order valence-electron chi connectivity index (χ1n) is 6.02. The summed E-state index contributed by atoms with van der Waals surface area (Å²) in [5, 5.41) is 2.97. The molecule has 0 aliphatic rings. The third-order valence-electron chi connectivity index (χ3n) is 3.03. The molecule has 2 atom stereocenters. The summed E-state index contributed by atoms with van der Waals surface area (Å²) in [6, 6.07) is 0.384. The van der Waals surface area contributed by atoms with Gasteiger partial charge in [-0.25, -0.2) is 0 Å². The topological polar surface area (TPSA) is 58.4 Å². The smallest absolute Gasteiger partial charge is 0.234 e. The Kier molecular flexibility index (Phi) is 7.30. The van der Waals surface area contributed by atoms with E-state index in [0.29, 0.717) is 23.9 Å². The highest BCUT2D eigenvalue weighted by atomic mass is 32.1. The van der Waals surface area contributed by atoms with E-state index in [1.54, 1.807) is 0 Å². The van der Waals surface area contributed by atoms with Crippen LogP contribution in [0.4, 0.5) is 0 Å². The van der Waals surface area contributed by atoms with Crippen molar-refractivity contribution in [3.8, 4) is 0 Å². The molecular weight excluding hydrogens is 234 g/mol. The number of thiocarbonyl (C=S) groups is 1. The van der Waals surface area contributed by atoms with E-state index < -0.39 is 0 Å². The Morgan fingerprint density at radius 2 is 1.88 bits per heavy atom. The number of hydrogen-bond acceptors (Lipinski definition) is 3. The fraction of sp³-hybridized carbons (Fsp3) is 0.833. The van der Waals surface area contributed by atoms with Gasteiger partial charge in [0.1, 0.15) is 0 Å². The molecule has 17 heavy (non-hydrogen) atoms. The predicted molar refractivity (Wildman–Crippen MR) is 75.9 cm³/mol. The number of rotatable bonds is 7. The standard InChI is InChI=1S/C12H25N3OS/c1-8(2)10(4)14-12(16)7-15(5)9(3)6-11(13)17/h8-10H,6-7H2,1-5H3,(H2,13,17)(H,14,16). The molecule has 0 saturated carbocycles. The van der Waals surface area contributed by atoms with E-state index in [2.05, 4.69) is 19.2 Å². The summed E-state index contributed by atoms with van der Waals surface area (Å²) in [6.07, 6.45) is 0.638. The summed E-state index contributed by atoms with van der Waals surface area (Å²) >= 11 is 4.86. The third-order valence-corrected chi connectivity index (χ3v) is 3.20. The zero-order valence-electron chi connectivity index (χ0n) is 11.5. The summed E-state index contributed by atoms with van der Waals surface area (Å²) in [7, 11) is 1.91. The van der Waals surface area contributed by atoms with Gasteiger partial charge in [-0.05, 0) is 26.8 Å². The average Bonchev–Trinajstić information content (AvgIpc) is 2.15. The van der Waals surface area contributed by atoms with Gasteiger partial charge in [-0.1, -0.05) is 26.1 Å². The van der Waals surface area contributed by atoms with E-state index in [0.717, 1.165) is 0 Å². The first-order valence-corrected chi connectivity index (χ1v) is 6.42. The lowest BCUT2D eigenvalue weighted by atomic mass is 10.1. The van der Waals surface area contributed by atoms with Crippen LogP contribution in [0.2, 0.25) is 0 Å². The minimum Gasteiger partial charge on any atom is -0.393 e. The van der Waals surface area contributed by atoms with Gasteiger partial charge in [0.05, 0.1) is 11.5 Å². The van der Waals surface area contributed by atoms with Crippen LogP contribution in [0.1, 0.15) is 34.1 Å². The summed E-state index contributed by atoms with van der Waals surface area (Å²) in [5.41, 5.74) is 5.49. The number of carbonyl (C=O) groups excluding carboxylic acids is 1. The summed E-state index contributed by atoms with van der Waals surface area (Å²) in [4.78, 5) is 14.2. The van der Waals surface area contributed by atoms with Gasteiger partial charge >= 0.3 is 0 Å². The minimum absolute atomic E-state index is 0.0449. The average molecular weight is 259 g/mol. The van der Waals surface area contributed by atoms with Crippen LogP contribution in [0, 0.1) is 5.92 Å². The van der Waals surface area contributed by atoms with Crippen molar-refractivity contribution in [3.63, 3.8) is 0 Å². The van der Waals surface area contributed by atoms with Crippen molar-refractivity contribution in [2.45, 2.75) is 46.2 Å². The van der Waals surface area contributed by atoms with E-state index in [-0.39, 0.29) is 18.0 Å². The molecule has 0 bridgehead atoms. The van der Waals surface area contributed by atoms with Crippen LogP contribution in [-0.2, 0) is 4.79 Å². The summed E-state index contributed by atoms with van der Waals surface area (Å²) in [6.45, 7) is 8.58. The Balaban J connectivity index is 4.07. The molecule has 2 unspecified atom stereocenters. The van der Waals surface area contributed by atoms with Crippen LogP contribution in [0.3, 0.4) is 0 Å². The van der Waals surface area contributed by atoms with Gasteiger partial charge in [0, 0.05) is 18.5 Å². The second-order valence-electron chi connectivity index (χ2n) is 5.03. The second kappa shape index (κ2) is 7.61. The maximum atomic E-state index is 11.7. The van der Waals surface area contributed by atoms with E-state index >= 15 is 0 Å². The fourth-order valence-electron chi connectivity index (χ4n) is 1.30. The van der Waals surface area contributed by atoms with E-state index in [1.807, 2.05) is 25.8 Å². The number of nitrogens with one attached hydrogen (secondary N) is 1. The van der Waals surface area contributed by atoms with Crippen molar-refractivity contribution in [1.29, 1.82) is 0 Å². The second-order valence-corrected chi connectivity index (χ2v) is 5.56. The molecule has 0 spiro atoms. The third kappa shape index (κ3) is 7.28. The number of nitrogens with two attached hydrogens (primary N) is 1. The number of likely N-dealkylation sites (N-methyl/N-ethyl adjacent to an activating group) is 1.